The third kappa shape index (κ3) is 7.26. The summed E-state index contributed by atoms with van der Waals surface area (Å²) in [5.74, 6) is 0. The highest BCUT2D eigenvalue weighted by Gasteiger charge is 2.35. The first kappa shape index (κ1) is 26.8. The number of hydrogen-bond acceptors (Lipinski definition) is 4. The van der Waals surface area contributed by atoms with Gasteiger partial charge in [-0.05, 0) is 54.7 Å². The topological polar surface area (TPSA) is 58.5 Å². The summed E-state index contributed by atoms with van der Waals surface area (Å²) in [5.41, 5.74) is 11.0. The third-order valence-corrected chi connectivity index (χ3v) is 5.38. The van der Waals surface area contributed by atoms with E-state index in [2.05, 4.69) is 0 Å². The van der Waals surface area contributed by atoms with Gasteiger partial charge in [-0.3, -0.25) is 0 Å². The van der Waals surface area contributed by atoms with E-state index in [1.165, 1.54) is 17.0 Å². The van der Waals surface area contributed by atoms with Gasteiger partial charge in [0.25, 0.3) is 0 Å². The number of nitrogens with zero attached hydrogens (tertiary/aromatic N) is 2. The summed E-state index contributed by atoms with van der Waals surface area (Å²) in [6, 6.07) is 8.53. The van der Waals surface area contributed by atoms with Crippen LogP contribution in [0.5, 0.6) is 0 Å². The van der Waals surface area contributed by atoms with Crippen LogP contribution in [0.1, 0.15) is 41.5 Å². The number of rotatable bonds is 4. The Kier molecular flexibility index (Phi) is 9.02. The molecule has 1 aliphatic rings. The van der Waals surface area contributed by atoms with E-state index in [1.54, 1.807) is 32.3 Å². The Morgan fingerprint density at radius 1 is 0.758 bits per heavy atom. The molecule has 10 heteroatoms. The minimum Gasteiger partial charge on any atom is -0.377 e. The molecule has 2 aromatic carbocycles. The monoisotopic (exact) mass is 476 g/mol. The predicted molar refractivity (Wildman–Crippen MR) is 119 cm³/mol. The zero-order valence-electron chi connectivity index (χ0n) is 18.7. The van der Waals surface area contributed by atoms with Crippen molar-refractivity contribution in [3.05, 3.63) is 58.7 Å². The van der Waals surface area contributed by atoms with Crippen LogP contribution in [0.15, 0.2) is 36.4 Å². The first-order valence-electron chi connectivity index (χ1n) is 10.6. The molecule has 0 bridgehead atoms. The average Bonchev–Trinajstić information content (AvgIpc) is 2.78. The van der Waals surface area contributed by atoms with Gasteiger partial charge >= 0.3 is 12.4 Å². The van der Waals surface area contributed by atoms with Crippen LogP contribution in [-0.4, -0.2) is 27.2 Å². The second-order valence-corrected chi connectivity index (χ2v) is 8.05. The van der Waals surface area contributed by atoms with Crippen molar-refractivity contribution in [2.75, 3.05) is 37.0 Å². The molecule has 4 N–H and O–H groups in total. The second-order valence-electron chi connectivity index (χ2n) is 8.05. The summed E-state index contributed by atoms with van der Waals surface area (Å²) in [5, 5.41) is 0. The fourth-order valence-electron chi connectivity index (χ4n) is 3.67. The summed E-state index contributed by atoms with van der Waals surface area (Å²) in [6.45, 7) is 1.64. The highest BCUT2D eigenvalue weighted by Crippen LogP contribution is 2.38. The molecule has 0 saturated carbocycles. The van der Waals surface area contributed by atoms with E-state index in [1.807, 2.05) is 4.90 Å². The molecule has 0 aliphatic carbocycles. The van der Waals surface area contributed by atoms with E-state index in [0.717, 1.165) is 25.3 Å². The van der Waals surface area contributed by atoms with Gasteiger partial charge in [0, 0.05) is 51.6 Å². The molecular weight excluding hydrogens is 446 g/mol. The van der Waals surface area contributed by atoms with Crippen LogP contribution in [0.2, 0.25) is 0 Å². The maximum Gasteiger partial charge on any atom is 0.418 e. The molecule has 33 heavy (non-hydrogen) atoms. The van der Waals surface area contributed by atoms with E-state index in [4.69, 9.17) is 11.5 Å². The molecule has 3 rings (SSSR count). The molecule has 0 atom stereocenters. The summed E-state index contributed by atoms with van der Waals surface area (Å²) in [6.07, 6.45) is -5.66. The quantitative estimate of drug-likeness (QED) is 0.582. The highest BCUT2D eigenvalue weighted by molar-refractivity contribution is 5.57. The molecule has 0 radical (unpaired) electrons. The van der Waals surface area contributed by atoms with Crippen molar-refractivity contribution >= 4 is 11.4 Å². The normalized spacial score (nSPS) is 14.5. The molecule has 2 aromatic rings. The zero-order valence-corrected chi connectivity index (χ0v) is 18.7. The molecule has 1 aliphatic heterocycles. The summed E-state index contributed by atoms with van der Waals surface area (Å²) in [4.78, 5) is 3.26. The molecule has 0 amide bonds. The molecule has 4 nitrogen and oxygen atoms in total. The second kappa shape index (κ2) is 11.1. The van der Waals surface area contributed by atoms with Crippen molar-refractivity contribution < 1.29 is 26.3 Å². The van der Waals surface area contributed by atoms with Crippen LogP contribution in [0, 0.1) is 0 Å². The SMILES string of the molecule is CN(C)c1ccc(CN)cc1C(F)(F)F.NCc1ccc(N2CCCCC2)c(C(F)(F)F)c1. The summed E-state index contributed by atoms with van der Waals surface area (Å²) in [7, 11) is 3.15. The minimum absolute atomic E-state index is 0.108. The first-order chi connectivity index (χ1) is 15.4. The molecule has 184 valence electrons. The number of piperidine rings is 1. The number of halogens is 6. The van der Waals surface area contributed by atoms with Crippen molar-refractivity contribution in [3.63, 3.8) is 0 Å². The van der Waals surface area contributed by atoms with Crippen LogP contribution >= 0.6 is 0 Å². The molecule has 1 heterocycles. The molecule has 0 unspecified atom stereocenters. The Morgan fingerprint density at radius 3 is 1.70 bits per heavy atom. The number of anilines is 2. The fraction of sp³-hybridized carbons (Fsp3) is 0.478. The van der Waals surface area contributed by atoms with E-state index < -0.39 is 23.5 Å². The van der Waals surface area contributed by atoms with E-state index in [-0.39, 0.29) is 18.8 Å². The van der Waals surface area contributed by atoms with Gasteiger partial charge in [0.05, 0.1) is 11.1 Å². The van der Waals surface area contributed by atoms with E-state index in [9.17, 15) is 26.3 Å². The van der Waals surface area contributed by atoms with Gasteiger partial charge in [0.1, 0.15) is 0 Å². The molecule has 1 saturated heterocycles. The fourth-order valence-corrected chi connectivity index (χ4v) is 3.67. The van der Waals surface area contributed by atoms with Gasteiger partial charge in [-0.1, -0.05) is 12.1 Å². The lowest BCUT2D eigenvalue weighted by molar-refractivity contribution is -0.138. The lowest BCUT2D eigenvalue weighted by atomic mass is 10.0. The Balaban J connectivity index is 0.000000238. The number of benzene rings is 2. The number of hydrogen-bond donors (Lipinski definition) is 2. The van der Waals surface area contributed by atoms with Gasteiger partial charge < -0.3 is 21.3 Å². The van der Waals surface area contributed by atoms with Crippen LogP contribution in [0.25, 0.3) is 0 Å². The Labute approximate surface area is 190 Å². The van der Waals surface area contributed by atoms with Crippen molar-refractivity contribution in [2.24, 2.45) is 11.5 Å². The predicted octanol–water partition coefficient (Wildman–Crippen LogP) is 5.38. The zero-order chi connectivity index (χ0) is 24.8. The Hall–Kier alpha value is -2.46. The van der Waals surface area contributed by atoms with E-state index >= 15 is 0 Å². The standard InChI is InChI=1S/C13H17F3N2.C10H13F3N2/c14-13(15,16)11-8-10(9-17)4-5-12(11)18-6-2-1-3-7-18;1-15(2)9-4-3-7(6-14)5-8(9)10(11,12)13/h4-5,8H,1-3,6-7,9,17H2;3-5H,6,14H2,1-2H3. The van der Waals surface area contributed by atoms with Crippen LogP contribution in [0.3, 0.4) is 0 Å². The van der Waals surface area contributed by atoms with Crippen LogP contribution in [0.4, 0.5) is 37.7 Å². The lowest BCUT2D eigenvalue weighted by Crippen LogP contribution is -2.31. The maximum atomic E-state index is 13.1. The van der Waals surface area contributed by atoms with Gasteiger partial charge in [0.15, 0.2) is 0 Å². The van der Waals surface area contributed by atoms with Crippen LogP contribution in [-0.2, 0) is 25.4 Å². The highest BCUT2D eigenvalue weighted by atomic mass is 19.4. The molecular formula is C23H30F6N4. The Bertz CT molecular complexity index is 903. The largest absolute Gasteiger partial charge is 0.418 e. The summed E-state index contributed by atoms with van der Waals surface area (Å²) >= 11 is 0. The average molecular weight is 477 g/mol. The Morgan fingerprint density at radius 2 is 1.24 bits per heavy atom. The van der Waals surface area contributed by atoms with Crippen molar-refractivity contribution in [3.8, 4) is 0 Å². The van der Waals surface area contributed by atoms with E-state index in [0.29, 0.717) is 29.9 Å². The molecule has 0 spiro atoms. The molecule has 0 aromatic heterocycles. The number of alkyl halides is 6. The van der Waals surface area contributed by atoms with Gasteiger partial charge in [-0.25, -0.2) is 0 Å². The smallest absolute Gasteiger partial charge is 0.377 e. The van der Waals surface area contributed by atoms with Gasteiger partial charge in [-0.15, -0.1) is 0 Å². The van der Waals surface area contributed by atoms with Crippen molar-refractivity contribution in [1.29, 1.82) is 0 Å². The van der Waals surface area contributed by atoms with Crippen molar-refractivity contribution in [1.82, 2.24) is 0 Å². The van der Waals surface area contributed by atoms with Gasteiger partial charge in [0.2, 0.25) is 0 Å². The molecule has 1 fully saturated rings. The van der Waals surface area contributed by atoms with Crippen molar-refractivity contribution in [2.45, 2.75) is 44.7 Å². The number of nitrogens with two attached hydrogens (primary N) is 2. The maximum absolute atomic E-state index is 13.1. The summed E-state index contributed by atoms with van der Waals surface area (Å²) < 4.78 is 77.1. The van der Waals surface area contributed by atoms with Gasteiger partial charge in [-0.2, -0.15) is 26.3 Å². The lowest BCUT2D eigenvalue weighted by Gasteiger charge is -2.31. The third-order valence-electron chi connectivity index (χ3n) is 5.38. The minimum atomic E-state index is -4.34. The van der Waals surface area contributed by atoms with Crippen LogP contribution < -0.4 is 21.3 Å². The first-order valence-corrected chi connectivity index (χ1v) is 10.6.